The van der Waals surface area contributed by atoms with Gasteiger partial charge >= 0.3 is 0 Å². The minimum Gasteiger partial charge on any atom is -0.378 e. The van der Waals surface area contributed by atoms with E-state index in [2.05, 4.69) is 22.2 Å². The third-order valence-electron chi connectivity index (χ3n) is 3.62. The van der Waals surface area contributed by atoms with Crippen molar-refractivity contribution in [3.05, 3.63) is 22.8 Å². The van der Waals surface area contributed by atoms with Crippen molar-refractivity contribution in [2.75, 3.05) is 6.61 Å². The van der Waals surface area contributed by atoms with Crippen LogP contribution in [0.15, 0.2) is 0 Å². The van der Waals surface area contributed by atoms with Crippen LogP contribution in [0.3, 0.4) is 0 Å². The van der Waals surface area contributed by atoms with Gasteiger partial charge in [-0.05, 0) is 26.2 Å². The van der Waals surface area contributed by atoms with Crippen LogP contribution in [0.5, 0.6) is 0 Å². The Balaban J connectivity index is 1.76. The summed E-state index contributed by atoms with van der Waals surface area (Å²) in [6, 6.07) is 0. The van der Waals surface area contributed by atoms with Gasteiger partial charge in [0.2, 0.25) is 0 Å². The molecule has 17 heavy (non-hydrogen) atoms. The number of aryl methyl sites for hydroxylation is 1. The Bertz CT molecular complexity index is 413. The number of nitrogens with zero attached hydrogens (tertiary/aromatic N) is 2. The zero-order chi connectivity index (χ0) is 11.7. The van der Waals surface area contributed by atoms with Crippen LogP contribution >= 0.6 is 0 Å². The van der Waals surface area contributed by atoms with Gasteiger partial charge in [0.25, 0.3) is 0 Å². The maximum Gasteiger partial charge on any atom is 0.131 e. The number of fused-ring (bicyclic) bond motifs is 1. The normalized spacial score (nSPS) is 23.7. The van der Waals surface area contributed by atoms with Crippen LogP contribution in [-0.2, 0) is 24.2 Å². The minimum atomic E-state index is 0.329. The van der Waals surface area contributed by atoms with E-state index in [1.165, 1.54) is 24.1 Å². The predicted molar refractivity (Wildman–Crippen MR) is 64.6 cm³/mol. The molecule has 0 aromatic carbocycles. The minimum absolute atomic E-state index is 0.329. The smallest absolute Gasteiger partial charge is 0.131 e. The second-order valence-electron chi connectivity index (χ2n) is 4.95. The Kier molecular flexibility index (Phi) is 3.07. The molecule has 2 aliphatic rings. The zero-order valence-electron chi connectivity index (χ0n) is 10.3. The van der Waals surface area contributed by atoms with Crippen LogP contribution < -0.4 is 5.32 Å². The lowest BCUT2D eigenvalue weighted by Gasteiger charge is -2.22. The summed E-state index contributed by atoms with van der Waals surface area (Å²) in [4.78, 5) is 9.26. The molecule has 0 spiro atoms. The number of hydrogen-bond donors (Lipinski definition) is 1. The molecular formula is C13H19N3O. The molecule has 4 nitrogen and oxygen atoms in total. The molecule has 1 aromatic heterocycles. The molecule has 3 rings (SSSR count). The van der Waals surface area contributed by atoms with Crippen molar-refractivity contribution in [3.8, 4) is 0 Å². The van der Waals surface area contributed by atoms with Gasteiger partial charge in [0.05, 0.1) is 11.8 Å². The SMILES string of the molecule is Cc1nc(CC2CCCCO2)nc2c1CNC2. The second kappa shape index (κ2) is 4.70. The first-order valence-electron chi connectivity index (χ1n) is 6.50. The van der Waals surface area contributed by atoms with E-state index in [9.17, 15) is 0 Å². The van der Waals surface area contributed by atoms with E-state index in [-0.39, 0.29) is 0 Å². The van der Waals surface area contributed by atoms with Gasteiger partial charge in [-0.2, -0.15) is 0 Å². The second-order valence-corrected chi connectivity index (χ2v) is 4.95. The highest BCUT2D eigenvalue weighted by molar-refractivity contribution is 5.28. The largest absolute Gasteiger partial charge is 0.378 e. The molecule has 1 aromatic rings. The van der Waals surface area contributed by atoms with Gasteiger partial charge in [0.1, 0.15) is 5.82 Å². The third kappa shape index (κ3) is 2.33. The van der Waals surface area contributed by atoms with E-state index >= 15 is 0 Å². The molecule has 0 radical (unpaired) electrons. The highest BCUT2D eigenvalue weighted by atomic mass is 16.5. The van der Waals surface area contributed by atoms with E-state index in [1.807, 2.05) is 0 Å². The zero-order valence-corrected chi connectivity index (χ0v) is 10.3. The number of aromatic nitrogens is 2. The molecule has 0 amide bonds. The fraction of sp³-hybridized carbons (Fsp3) is 0.692. The Labute approximate surface area is 102 Å². The quantitative estimate of drug-likeness (QED) is 0.841. The Morgan fingerprint density at radius 3 is 3.06 bits per heavy atom. The van der Waals surface area contributed by atoms with Gasteiger partial charge < -0.3 is 10.1 Å². The lowest BCUT2D eigenvalue weighted by molar-refractivity contribution is 0.0156. The molecule has 1 unspecified atom stereocenters. The van der Waals surface area contributed by atoms with E-state index in [4.69, 9.17) is 4.74 Å². The first kappa shape index (κ1) is 11.1. The third-order valence-corrected chi connectivity index (χ3v) is 3.62. The van der Waals surface area contributed by atoms with E-state index in [1.54, 1.807) is 0 Å². The topological polar surface area (TPSA) is 47.0 Å². The summed E-state index contributed by atoms with van der Waals surface area (Å²) in [7, 11) is 0. The van der Waals surface area contributed by atoms with Crippen LogP contribution in [-0.4, -0.2) is 22.7 Å². The van der Waals surface area contributed by atoms with E-state index in [0.717, 1.165) is 44.1 Å². The van der Waals surface area contributed by atoms with Gasteiger partial charge in [0.15, 0.2) is 0 Å². The van der Waals surface area contributed by atoms with Crippen molar-refractivity contribution in [2.45, 2.75) is 51.8 Å². The summed E-state index contributed by atoms with van der Waals surface area (Å²) >= 11 is 0. The summed E-state index contributed by atoms with van der Waals surface area (Å²) in [6.45, 7) is 4.79. The van der Waals surface area contributed by atoms with Gasteiger partial charge in [-0.3, -0.25) is 0 Å². The van der Waals surface area contributed by atoms with Crippen LogP contribution in [0.1, 0.15) is 42.0 Å². The van der Waals surface area contributed by atoms with Gasteiger partial charge in [-0.15, -0.1) is 0 Å². The lowest BCUT2D eigenvalue weighted by Crippen LogP contribution is -2.23. The maximum atomic E-state index is 5.75. The molecule has 0 aliphatic carbocycles. The van der Waals surface area contributed by atoms with Crippen molar-refractivity contribution < 1.29 is 4.74 Å². The highest BCUT2D eigenvalue weighted by Crippen LogP contribution is 2.19. The van der Waals surface area contributed by atoms with Crippen molar-refractivity contribution in [1.29, 1.82) is 0 Å². The summed E-state index contributed by atoms with van der Waals surface area (Å²) in [5, 5.41) is 3.33. The van der Waals surface area contributed by atoms with Crippen LogP contribution in [0, 0.1) is 6.92 Å². The molecular weight excluding hydrogens is 214 g/mol. The molecule has 2 aliphatic heterocycles. The molecule has 1 saturated heterocycles. The molecule has 0 saturated carbocycles. The molecule has 1 fully saturated rings. The Hall–Kier alpha value is -1.00. The van der Waals surface area contributed by atoms with Crippen molar-refractivity contribution >= 4 is 0 Å². The van der Waals surface area contributed by atoms with Gasteiger partial charge in [-0.25, -0.2) is 9.97 Å². The van der Waals surface area contributed by atoms with Crippen molar-refractivity contribution in [3.63, 3.8) is 0 Å². The molecule has 4 heteroatoms. The van der Waals surface area contributed by atoms with Crippen molar-refractivity contribution in [1.82, 2.24) is 15.3 Å². The molecule has 92 valence electrons. The van der Waals surface area contributed by atoms with E-state index < -0.39 is 0 Å². The number of ether oxygens (including phenoxy) is 1. The van der Waals surface area contributed by atoms with Crippen molar-refractivity contribution in [2.24, 2.45) is 0 Å². The monoisotopic (exact) mass is 233 g/mol. The van der Waals surface area contributed by atoms with Gasteiger partial charge in [-0.1, -0.05) is 0 Å². The first-order chi connectivity index (χ1) is 8.33. The fourth-order valence-corrected chi connectivity index (χ4v) is 2.66. The standard InChI is InChI=1S/C13H19N3O/c1-9-11-7-14-8-12(11)16-13(15-9)6-10-4-2-3-5-17-10/h10,14H,2-8H2,1H3. The average molecular weight is 233 g/mol. The average Bonchev–Trinajstić information content (AvgIpc) is 2.79. The molecule has 1 atom stereocenters. The number of nitrogens with one attached hydrogen (secondary N) is 1. The summed E-state index contributed by atoms with van der Waals surface area (Å²) in [6.07, 6.45) is 4.82. The maximum absolute atomic E-state index is 5.75. The summed E-state index contributed by atoms with van der Waals surface area (Å²) in [5.41, 5.74) is 3.60. The van der Waals surface area contributed by atoms with Crippen LogP contribution in [0.4, 0.5) is 0 Å². The van der Waals surface area contributed by atoms with Gasteiger partial charge in [0, 0.05) is 37.4 Å². The lowest BCUT2D eigenvalue weighted by atomic mass is 10.1. The highest BCUT2D eigenvalue weighted by Gasteiger charge is 2.20. The number of rotatable bonds is 2. The molecule has 3 heterocycles. The Morgan fingerprint density at radius 1 is 1.29 bits per heavy atom. The van der Waals surface area contributed by atoms with E-state index in [0.29, 0.717) is 6.10 Å². The Morgan fingerprint density at radius 2 is 2.24 bits per heavy atom. The fourth-order valence-electron chi connectivity index (χ4n) is 2.66. The summed E-state index contributed by atoms with van der Waals surface area (Å²) in [5.74, 6) is 0.955. The van der Waals surface area contributed by atoms with Crippen LogP contribution in [0.2, 0.25) is 0 Å². The number of hydrogen-bond acceptors (Lipinski definition) is 4. The molecule has 0 bridgehead atoms. The molecule has 1 N–H and O–H groups in total. The van der Waals surface area contributed by atoms with Crippen LogP contribution in [0.25, 0.3) is 0 Å². The first-order valence-corrected chi connectivity index (χ1v) is 6.50. The summed E-state index contributed by atoms with van der Waals surface area (Å²) < 4.78 is 5.75. The predicted octanol–water partition coefficient (Wildman–Crippen LogP) is 1.50.